The molecule has 35 heavy (non-hydrogen) atoms. The van der Waals surface area contributed by atoms with Crippen LogP contribution in [0.4, 0.5) is 4.39 Å². The summed E-state index contributed by atoms with van der Waals surface area (Å²) in [4.78, 5) is 26.2. The highest BCUT2D eigenvalue weighted by molar-refractivity contribution is 6.31. The van der Waals surface area contributed by atoms with Crippen LogP contribution in [0.3, 0.4) is 0 Å². The van der Waals surface area contributed by atoms with Gasteiger partial charge in [-0.1, -0.05) is 54.6 Å². The van der Waals surface area contributed by atoms with E-state index >= 15 is 0 Å². The van der Waals surface area contributed by atoms with E-state index in [-0.39, 0.29) is 35.0 Å². The number of Topliss-reactive ketones (excluding diaryl/α,β-unsaturated/α-hetero) is 1. The minimum Gasteiger partial charge on any atom is -0.396 e. The number of benzene rings is 2. The Morgan fingerprint density at radius 1 is 1.11 bits per heavy atom. The lowest BCUT2D eigenvalue weighted by Crippen LogP contribution is -2.30. The molecule has 6 nitrogen and oxygen atoms in total. The Morgan fingerprint density at radius 2 is 1.83 bits per heavy atom. The Balaban J connectivity index is 1.59. The summed E-state index contributed by atoms with van der Waals surface area (Å²) in [6.07, 6.45) is 5.46. The summed E-state index contributed by atoms with van der Waals surface area (Å²) in [5, 5.41) is 14.8. The van der Waals surface area contributed by atoms with Gasteiger partial charge in [0.1, 0.15) is 12.4 Å². The van der Waals surface area contributed by atoms with E-state index in [4.69, 9.17) is 23.2 Å². The quantitative estimate of drug-likeness (QED) is 0.406. The lowest BCUT2D eigenvalue weighted by molar-refractivity contribution is -0.120. The zero-order valence-electron chi connectivity index (χ0n) is 19.3. The third kappa shape index (κ3) is 6.02. The standard InChI is InChI=1S/C26H28Cl2FN3O3/c27-20-11-9-18(10-12-20)25-30-32(26(35)31(25)14-17-5-2-1-3-6-17)15-21(34)13-19(16-33)22-7-4-8-23(28)24(22)29/h4,7-12,17,19,33H,1-3,5-6,13-16H2. The third-order valence-electron chi connectivity index (χ3n) is 6.63. The maximum Gasteiger partial charge on any atom is 0.346 e. The molecular weight excluding hydrogens is 492 g/mol. The van der Waals surface area contributed by atoms with Crippen molar-refractivity contribution in [3.63, 3.8) is 0 Å². The summed E-state index contributed by atoms with van der Waals surface area (Å²) < 4.78 is 17.3. The number of aliphatic hydroxyl groups is 1. The maximum atomic E-state index is 14.4. The number of carbonyl (C=O) groups excluding carboxylic acids is 1. The number of aliphatic hydroxyl groups excluding tert-OH is 1. The third-order valence-corrected chi connectivity index (χ3v) is 7.18. The first-order valence-corrected chi connectivity index (χ1v) is 12.6. The number of hydrogen-bond donors (Lipinski definition) is 1. The Labute approximate surface area is 213 Å². The summed E-state index contributed by atoms with van der Waals surface area (Å²) in [7, 11) is 0. The summed E-state index contributed by atoms with van der Waals surface area (Å²) in [6, 6.07) is 11.6. The number of hydrogen-bond acceptors (Lipinski definition) is 4. The Kier molecular flexibility index (Phi) is 8.42. The molecule has 0 bridgehead atoms. The Bertz CT molecular complexity index is 1230. The SMILES string of the molecule is O=C(CC(CO)c1cccc(Cl)c1F)Cn1nc(-c2ccc(Cl)cc2)n(CC2CCCCC2)c1=O. The molecule has 0 saturated heterocycles. The normalized spacial score (nSPS) is 15.3. The largest absolute Gasteiger partial charge is 0.396 e. The van der Waals surface area contributed by atoms with E-state index in [9.17, 15) is 19.1 Å². The minimum absolute atomic E-state index is 0.0707. The van der Waals surface area contributed by atoms with Gasteiger partial charge in [0.25, 0.3) is 0 Å². The van der Waals surface area contributed by atoms with Crippen molar-refractivity contribution in [1.82, 2.24) is 14.3 Å². The molecule has 9 heteroatoms. The Morgan fingerprint density at radius 3 is 2.51 bits per heavy atom. The summed E-state index contributed by atoms with van der Waals surface area (Å²) >= 11 is 11.9. The van der Waals surface area contributed by atoms with Crippen LogP contribution in [0.5, 0.6) is 0 Å². The second kappa shape index (κ2) is 11.5. The van der Waals surface area contributed by atoms with Gasteiger partial charge in [0.2, 0.25) is 0 Å². The first-order chi connectivity index (χ1) is 16.9. The van der Waals surface area contributed by atoms with Crippen molar-refractivity contribution in [3.8, 4) is 11.4 Å². The predicted octanol–water partition coefficient (Wildman–Crippen LogP) is 5.47. The summed E-state index contributed by atoms with van der Waals surface area (Å²) in [6.45, 7) is -0.155. The molecule has 1 aromatic heterocycles. The van der Waals surface area contributed by atoms with Crippen LogP contribution in [0.25, 0.3) is 11.4 Å². The van der Waals surface area contributed by atoms with Crippen molar-refractivity contribution >= 4 is 29.0 Å². The van der Waals surface area contributed by atoms with E-state index in [0.29, 0.717) is 23.3 Å². The van der Waals surface area contributed by atoms with E-state index in [2.05, 4.69) is 5.10 Å². The molecule has 0 spiro atoms. The first-order valence-electron chi connectivity index (χ1n) is 11.9. The van der Waals surface area contributed by atoms with Crippen LogP contribution in [0.1, 0.15) is 50.0 Å². The first kappa shape index (κ1) is 25.6. The van der Waals surface area contributed by atoms with Crippen molar-refractivity contribution in [2.45, 2.75) is 57.5 Å². The fourth-order valence-corrected chi connectivity index (χ4v) is 5.07. The second-order valence-electron chi connectivity index (χ2n) is 9.15. The van der Waals surface area contributed by atoms with Crippen LogP contribution in [0.2, 0.25) is 10.0 Å². The molecule has 1 saturated carbocycles. The van der Waals surface area contributed by atoms with Gasteiger partial charge in [0, 0.05) is 29.5 Å². The van der Waals surface area contributed by atoms with Crippen LogP contribution in [-0.2, 0) is 17.9 Å². The second-order valence-corrected chi connectivity index (χ2v) is 9.99. The highest BCUT2D eigenvalue weighted by Gasteiger charge is 2.24. The fourth-order valence-electron chi connectivity index (χ4n) is 4.76. The number of ketones is 1. The van der Waals surface area contributed by atoms with E-state index in [1.807, 2.05) is 0 Å². The molecule has 1 atom stereocenters. The van der Waals surface area contributed by atoms with E-state index < -0.39 is 18.3 Å². The molecule has 1 N–H and O–H groups in total. The average Bonchev–Trinajstić information content (AvgIpc) is 3.15. The minimum atomic E-state index is -0.767. The van der Waals surface area contributed by atoms with Gasteiger partial charge in [-0.15, -0.1) is 5.10 Å². The zero-order valence-corrected chi connectivity index (χ0v) is 20.8. The molecule has 0 radical (unpaired) electrons. The van der Waals surface area contributed by atoms with E-state index in [0.717, 1.165) is 35.9 Å². The lowest BCUT2D eigenvalue weighted by Gasteiger charge is -2.22. The zero-order chi connectivity index (χ0) is 24.9. The molecule has 1 unspecified atom stereocenters. The number of carbonyl (C=O) groups is 1. The number of aromatic nitrogens is 3. The average molecular weight is 520 g/mol. The molecule has 0 aliphatic heterocycles. The maximum absolute atomic E-state index is 14.4. The molecule has 0 amide bonds. The molecule has 1 fully saturated rings. The molecule has 2 aromatic carbocycles. The molecule has 1 heterocycles. The molecule has 1 aliphatic carbocycles. The monoisotopic (exact) mass is 519 g/mol. The number of halogens is 3. The fraction of sp³-hybridized carbons (Fsp3) is 0.423. The van der Waals surface area contributed by atoms with Crippen molar-refractivity contribution in [3.05, 3.63) is 74.4 Å². The molecule has 4 rings (SSSR count). The van der Waals surface area contributed by atoms with Crippen LogP contribution in [0, 0.1) is 11.7 Å². The van der Waals surface area contributed by atoms with Crippen molar-refractivity contribution < 1.29 is 14.3 Å². The molecular formula is C26H28Cl2FN3O3. The van der Waals surface area contributed by atoms with Gasteiger partial charge < -0.3 is 5.11 Å². The van der Waals surface area contributed by atoms with E-state index in [1.54, 1.807) is 34.9 Å². The van der Waals surface area contributed by atoms with E-state index in [1.165, 1.54) is 18.6 Å². The van der Waals surface area contributed by atoms with Gasteiger partial charge in [0.15, 0.2) is 11.6 Å². The predicted molar refractivity (Wildman–Crippen MR) is 134 cm³/mol. The van der Waals surface area contributed by atoms with Gasteiger partial charge >= 0.3 is 5.69 Å². The smallest absolute Gasteiger partial charge is 0.346 e. The highest BCUT2D eigenvalue weighted by Crippen LogP contribution is 2.28. The lowest BCUT2D eigenvalue weighted by atomic mass is 9.89. The van der Waals surface area contributed by atoms with Gasteiger partial charge in [-0.25, -0.2) is 13.9 Å². The van der Waals surface area contributed by atoms with Gasteiger partial charge in [0.05, 0.1) is 11.6 Å². The van der Waals surface area contributed by atoms with Crippen molar-refractivity contribution in [2.75, 3.05) is 6.61 Å². The van der Waals surface area contributed by atoms with Crippen LogP contribution < -0.4 is 5.69 Å². The molecule has 3 aromatic rings. The number of nitrogens with zero attached hydrogens (tertiary/aromatic N) is 3. The van der Waals surface area contributed by atoms with Crippen molar-refractivity contribution in [1.29, 1.82) is 0 Å². The Hall–Kier alpha value is -2.48. The summed E-state index contributed by atoms with van der Waals surface area (Å²) in [5.41, 5.74) is 0.552. The highest BCUT2D eigenvalue weighted by atomic mass is 35.5. The summed E-state index contributed by atoms with van der Waals surface area (Å²) in [5.74, 6) is -0.887. The number of rotatable bonds is 9. The van der Waals surface area contributed by atoms with Crippen LogP contribution >= 0.6 is 23.2 Å². The van der Waals surface area contributed by atoms with Gasteiger partial charge in [-0.3, -0.25) is 9.36 Å². The van der Waals surface area contributed by atoms with Crippen molar-refractivity contribution in [2.24, 2.45) is 5.92 Å². The molecule has 1 aliphatic rings. The van der Waals surface area contributed by atoms with Crippen LogP contribution in [-0.4, -0.2) is 31.8 Å². The molecule has 186 valence electrons. The van der Waals surface area contributed by atoms with Gasteiger partial charge in [-0.2, -0.15) is 0 Å². The topological polar surface area (TPSA) is 77.1 Å². The van der Waals surface area contributed by atoms with Crippen LogP contribution in [0.15, 0.2) is 47.3 Å². The van der Waals surface area contributed by atoms with Gasteiger partial charge in [-0.05, 0) is 54.7 Å².